The molecule has 1 atom stereocenters. The van der Waals surface area contributed by atoms with Crippen molar-refractivity contribution in [3.63, 3.8) is 0 Å². The maximum absolute atomic E-state index is 14.8. The number of carbonyl (C=O) groups excluding carboxylic acids is 1. The van der Waals surface area contributed by atoms with E-state index in [2.05, 4.69) is 17.2 Å². The van der Waals surface area contributed by atoms with Gasteiger partial charge in [-0.1, -0.05) is 41.1 Å². The standard InChI is InChI=1S/C29H21ClF4N2O2/c1-18-2-4-19(5-3-18)10-11-28(38,26(37)36-22-8-6-20(16-35)24(30)15-22)17-27(12-13-27)23-14-21(29(32,33)34)7-9-25(23)31/h2-9,14-15,38H,12-13,17H2,1H3,(H,36,37). The molecule has 0 aliphatic heterocycles. The van der Waals surface area contributed by atoms with Crippen molar-refractivity contribution in [1.29, 1.82) is 5.26 Å². The van der Waals surface area contributed by atoms with Crippen molar-refractivity contribution in [3.05, 3.63) is 99.3 Å². The van der Waals surface area contributed by atoms with Gasteiger partial charge in [-0.15, -0.1) is 0 Å². The summed E-state index contributed by atoms with van der Waals surface area (Å²) in [5.41, 5.74) is -3.05. The number of alkyl halides is 3. The Morgan fingerprint density at radius 1 is 1.11 bits per heavy atom. The monoisotopic (exact) mass is 540 g/mol. The van der Waals surface area contributed by atoms with Crippen LogP contribution in [0.2, 0.25) is 5.02 Å². The first-order valence-corrected chi connectivity index (χ1v) is 11.9. The van der Waals surface area contributed by atoms with E-state index in [1.54, 1.807) is 24.3 Å². The Morgan fingerprint density at radius 3 is 2.37 bits per heavy atom. The van der Waals surface area contributed by atoms with Crippen LogP contribution in [0, 0.1) is 35.9 Å². The van der Waals surface area contributed by atoms with Gasteiger partial charge in [0.25, 0.3) is 5.91 Å². The topological polar surface area (TPSA) is 73.1 Å². The van der Waals surface area contributed by atoms with E-state index in [9.17, 15) is 27.5 Å². The van der Waals surface area contributed by atoms with E-state index in [4.69, 9.17) is 16.9 Å². The molecule has 0 bridgehead atoms. The zero-order valence-corrected chi connectivity index (χ0v) is 20.8. The quantitative estimate of drug-likeness (QED) is 0.286. The van der Waals surface area contributed by atoms with Crippen LogP contribution >= 0.6 is 11.6 Å². The number of nitrogens with one attached hydrogen (secondary N) is 1. The largest absolute Gasteiger partial charge is 0.416 e. The molecule has 3 aromatic rings. The highest BCUT2D eigenvalue weighted by atomic mass is 35.5. The fourth-order valence-corrected chi connectivity index (χ4v) is 4.42. The van der Waals surface area contributed by atoms with Crippen molar-refractivity contribution in [1.82, 2.24) is 0 Å². The second-order valence-electron chi connectivity index (χ2n) is 9.39. The predicted molar refractivity (Wildman–Crippen MR) is 135 cm³/mol. The molecular formula is C29H21ClF4N2O2. The summed E-state index contributed by atoms with van der Waals surface area (Å²) in [4.78, 5) is 13.4. The Morgan fingerprint density at radius 2 is 1.79 bits per heavy atom. The Hall–Kier alpha value is -3.85. The van der Waals surface area contributed by atoms with Crippen LogP contribution in [0.5, 0.6) is 0 Å². The highest BCUT2D eigenvalue weighted by Gasteiger charge is 2.53. The smallest absolute Gasteiger partial charge is 0.369 e. The van der Waals surface area contributed by atoms with E-state index in [0.717, 1.165) is 17.7 Å². The van der Waals surface area contributed by atoms with Crippen LogP contribution in [0.1, 0.15) is 47.1 Å². The minimum atomic E-state index is -4.69. The van der Waals surface area contributed by atoms with Gasteiger partial charge in [0.15, 0.2) is 0 Å². The zero-order chi connectivity index (χ0) is 27.7. The molecule has 0 aromatic heterocycles. The lowest BCUT2D eigenvalue weighted by molar-refractivity contribution is -0.137. The lowest BCUT2D eigenvalue weighted by Gasteiger charge is -2.28. The molecule has 1 aliphatic rings. The first kappa shape index (κ1) is 27.2. The molecule has 1 fully saturated rings. The fourth-order valence-electron chi connectivity index (χ4n) is 4.20. The number of aliphatic hydroxyl groups is 1. The number of nitrogens with zero attached hydrogens (tertiary/aromatic N) is 1. The number of hydrogen-bond acceptors (Lipinski definition) is 3. The summed E-state index contributed by atoms with van der Waals surface area (Å²) in [6.07, 6.45) is -4.61. The highest BCUT2D eigenvalue weighted by molar-refractivity contribution is 6.32. The Bertz CT molecular complexity index is 1500. The van der Waals surface area contributed by atoms with Crippen LogP contribution in [0.15, 0.2) is 60.7 Å². The molecular weight excluding hydrogens is 520 g/mol. The number of rotatable bonds is 5. The molecule has 0 heterocycles. The normalized spacial score (nSPS) is 15.4. The van der Waals surface area contributed by atoms with E-state index < -0.39 is 40.9 Å². The van der Waals surface area contributed by atoms with Crippen molar-refractivity contribution in [2.45, 2.75) is 43.4 Å². The van der Waals surface area contributed by atoms with Gasteiger partial charge in [-0.3, -0.25) is 4.79 Å². The highest BCUT2D eigenvalue weighted by Crippen LogP contribution is 2.55. The minimum Gasteiger partial charge on any atom is -0.369 e. The Kier molecular flexibility index (Phi) is 7.25. The summed E-state index contributed by atoms with van der Waals surface area (Å²) in [7, 11) is 0. The van der Waals surface area contributed by atoms with Gasteiger partial charge < -0.3 is 10.4 Å². The molecule has 9 heteroatoms. The molecule has 1 saturated carbocycles. The van der Waals surface area contributed by atoms with E-state index in [0.29, 0.717) is 11.6 Å². The number of halogens is 5. The third-order valence-electron chi connectivity index (χ3n) is 6.50. The average Bonchev–Trinajstić information content (AvgIpc) is 3.63. The van der Waals surface area contributed by atoms with Gasteiger partial charge in [-0.05, 0) is 73.9 Å². The second kappa shape index (κ2) is 10.1. The molecule has 1 aliphatic carbocycles. The zero-order valence-electron chi connectivity index (χ0n) is 20.1. The van der Waals surface area contributed by atoms with Crippen molar-refractivity contribution in [2.75, 3.05) is 5.32 Å². The van der Waals surface area contributed by atoms with Crippen LogP contribution in [-0.4, -0.2) is 16.6 Å². The van der Waals surface area contributed by atoms with Gasteiger partial charge in [-0.25, -0.2) is 4.39 Å². The molecule has 1 amide bonds. The lowest BCUT2D eigenvalue weighted by Crippen LogP contribution is -2.44. The number of hydrogen-bond donors (Lipinski definition) is 2. The molecule has 194 valence electrons. The van der Waals surface area contributed by atoms with Crippen molar-refractivity contribution in [3.8, 4) is 17.9 Å². The number of carbonyl (C=O) groups is 1. The summed E-state index contributed by atoms with van der Waals surface area (Å²) >= 11 is 6.05. The summed E-state index contributed by atoms with van der Waals surface area (Å²) in [5.74, 6) is 3.52. The van der Waals surface area contributed by atoms with Crippen molar-refractivity contribution in [2.24, 2.45) is 0 Å². The predicted octanol–water partition coefficient (Wildman–Crippen LogP) is 6.52. The van der Waals surface area contributed by atoms with Crippen molar-refractivity contribution < 1.29 is 27.5 Å². The van der Waals surface area contributed by atoms with Crippen molar-refractivity contribution >= 4 is 23.2 Å². The van der Waals surface area contributed by atoms with Gasteiger partial charge in [0.2, 0.25) is 5.60 Å². The number of nitriles is 1. The number of benzene rings is 3. The summed E-state index contributed by atoms with van der Waals surface area (Å²) < 4.78 is 54.8. The Balaban J connectivity index is 1.72. The minimum absolute atomic E-state index is 0.0734. The van der Waals surface area contributed by atoms with E-state index in [-0.39, 0.29) is 34.7 Å². The average molecular weight is 541 g/mol. The van der Waals surface area contributed by atoms with E-state index >= 15 is 0 Å². The van der Waals surface area contributed by atoms with Crippen LogP contribution in [0.4, 0.5) is 23.2 Å². The number of anilines is 1. The van der Waals surface area contributed by atoms with Gasteiger partial charge in [0.05, 0.1) is 16.1 Å². The first-order valence-electron chi connectivity index (χ1n) is 11.6. The molecule has 0 radical (unpaired) electrons. The van der Waals surface area contributed by atoms with Crippen LogP contribution in [0.25, 0.3) is 0 Å². The van der Waals surface area contributed by atoms with Gasteiger partial charge in [0.1, 0.15) is 11.9 Å². The van der Waals surface area contributed by atoms with Gasteiger partial charge >= 0.3 is 6.18 Å². The third kappa shape index (κ3) is 5.83. The second-order valence-corrected chi connectivity index (χ2v) is 9.79. The summed E-state index contributed by atoms with van der Waals surface area (Å²) in [5, 5.41) is 23.2. The maximum Gasteiger partial charge on any atom is 0.416 e. The van der Waals surface area contributed by atoms with E-state index in [1.807, 2.05) is 13.0 Å². The molecule has 0 saturated heterocycles. The molecule has 4 nitrogen and oxygen atoms in total. The summed E-state index contributed by atoms with van der Waals surface area (Å²) in [6.45, 7) is 1.88. The first-order chi connectivity index (χ1) is 17.8. The third-order valence-corrected chi connectivity index (χ3v) is 6.81. The van der Waals surface area contributed by atoms with Crippen LogP contribution in [-0.2, 0) is 16.4 Å². The Labute approximate surface area is 221 Å². The van der Waals surface area contributed by atoms with E-state index in [1.165, 1.54) is 18.2 Å². The maximum atomic E-state index is 14.8. The van der Waals surface area contributed by atoms with Crippen LogP contribution < -0.4 is 5.32 Å². The van der Waals surface area contributed by atoms with Gasteiger partial charge in [0, 0.05) is 23.1 Å². The number of aryl methyl sites for hydroxylation is 1. The molecule has 1 unspecified atom stereocenters. The summed E-state index contributed by atoms with van der Waals surface area (Å²) in [6, 6.07) is 15.1. The molecule has 38 heavy (non-hydrogen) atoms. The fraction of sp³-hybridized carbons (Fsp3) is 0.241. The molecule has 2 N–H and O–H groups in total. The molecule has 0 spiro atoms. The lowest BCUT2D eigenvalue weighted by atomic mass is 9.81. The molecule has 3 aromatic carbocycles. The SMILES string of the molecule is Cc1ccc(C#CC(O)(CC2(c3cc(C(F)(F)F)ccc3F)CC2)C(=O)Nc2ccc(C#N)c(Cl)c2)cc1. The number of amides is 1. The van der Waals surface area contributed by atoms with Gasteiger partial charge in [-0.2, -0.15) is 18.4 Å². The van der Waals surface area contributed by atoms with Crippen LogP contribution in [0.3, 0.4) is 0 Å². The molecule has 4 rings (SSSR count).